The molecule has 5 nitrogen and oxygen atoms in total. The van der Waals surface area contributed by atoms with Gasteiger partial charge in [-0.3, -0.25) is 4.90 Å². The van der Waals surface area contributed by atoms with Crippen LogP contribution in [0.25, 0.3) is 0 Å². The number of rotatable bonds is 6. The van der Waals surface area contributed by atoms with Gasteiger partial charge in [0.05, 0.1) is 6.10 Å². The van der Waals surface area contributed by atoms with E-state index in [4.69, 9.17) is 0 Å². The molecule has 1 aliphatic heterocycles. The lowest BCUT2D eigenvalue weighted by atomic mass is 10.1. The molecule has 1 saturated heterocycles. The molecule has 2 N–H and O–H groups in total. The minimum Gasteiger partial charge on any atom is -0.390 e. The van der Waals surface area contributed by atoms with Crippen molar-refractivity contribution in [3.8, 4) is 0 Å². The molecule has 1 aromatic carbocycles. The van der Waals surface area contributed by atoms with E-state index in [0.717, 1.165) is 25.1 Å². The summed E-state index contributed by atoms with van der Waals surface area (Å²) in [4.78, 5) is 1.33. The van der Waals surface area contributed by atoms with E-state index >= 15 is 0 Å². The highest BCUT2D eigenvalue weighted by Crippen LogP contribution is 2.22. The van der Waals surface area contributed by atoms with E-state index in [-0.39, 0.29) is 6.54 Å². The number of halogens is 2. The number of aliphatic hydroxyl groups excluding tert-OH is 1. The smallest absolute Gasteiger partial charge is 0.243 e. The van der Waals surface area contributed by atoms with E-state index in [1.165, 1.54) is 0 Å². The lowest BCUT2D eigenvalue weighted by molar-refractivity contribution is 0.111. The summed E-state index contributed by atoms with van der Waals surface area (Å²) in [6.45, 7) is 5.11. The second kappa shape index (κ2) is 7.21. The number of sulfonamides is 1. The van der Waals surface area contributed by atoms with Crippen molar-refractivity contribution in [1.29, 1.82) is 0 Å². The van der Waals surface area contributed by atoms with E-state index in [1.807, 2.05) is 0 Å². The molecule has 1 aromatic rings. The molecule has 1 heterocycles. The van der Waals surface area contributed by atoms with Gasteiger partial charge < -0.3 is 5.11 Å². The summed E-state index contributed by atoms with van der Waals surface area (Å²) >= 11 is 0. The Hall–Kier alpha value is -1.09. The van der Waals surface area contributed by atoms with Gasteiger partial charge in [-0.2, -0.15) is 0 Å². The molecule has 0 radical (unpaired) electrons. The van der Waals surface area contributed by atoms with E-state index in [2.05, 4.69) is 23.5 Å². The van der Waals surface area contributed by atoms with Gasteiger partial charge in [0.25, 0.3) is 0 Å². The molecule has 0 amide bonds. The van der Waals surface area contributed by atoms with Crippen molar-refractivity contribution in [2.24, 2.45) is 5.92 Å². The number of β-amino-alcohol motifs (C(OH)–C–C–N with tert-alkyl or cyclic N) is 1. The quantitative estimate of drug-likeness (QED) is 0.814. The minimum absolute atomic E-state index is 0.254. The highest BCUT2D eigenvalue weighted by molar-refractivity contribution is 7.89. The fraction of sp³-hybridized carbons (Fsp3) is 0.600. The number of likely N-dealkylation sites (tertiary alicyclic amines) is 1. The number of nitrogens with zero attached hydrogens (tertiary/aromatic N) is 1. The van der Waals surface area contributed by atoms with Crippen molar-refractivity contribution in [3.05, 3.63) is 29.8 Å². The normalized spacial score (nSPS) is 24.0. The van der Waals surface area contributed by atoms with Crippen LogP contribution < -0.4 is 4.72 Å². The summed E-state index contributed by atoms with van der Waals surface area (Å²) in [5, 5.41) is 10.0. The Kier molecular flexibility index (Phi) is 5.72. The van der Waals surface area contributed by atoms with E-state index in [9.17, 15) is 22.3 Å². The molecule has 0 spiro atoms. The molecule has 1 fully saturated rings. The van der Waals surface area contributed by atoms with Crippen molar-refractivity contribution in [3.63, 3.8) is 0 Å². The summed E-state index contributed by atoms with van der Waals surface area (Å²) < 4.78 is 52.8. The highest BCUT2D eigenvalue weighted by atomic mass is 32.2. The third-order valence-electron chi connectivity index (χ3n) is 4.05. The summed E-state index contributed by atoms with van der Waals surface area (Å²) in [6.07, 6.45) is 0.113. The molecule has 1 aliphatic rings. The fourth-order valence-corrected chi connectivity index (χ4v) is 4.10. The van der Waals surface area contributed by atoms with Crippen LogP contribution in [0, 0.1) is 17.6 Å². The Morgan fingerprint density at radius 3 is 2.70 bits per heavy atom. The van der Waals surface area contributed by atoms with Crippen LogP contribution >= 0.6 is 0 Å². The molecule has 0 aliphatic carbocycles. The van der Waals surface area contributed by atoms with Gasteiger partial charge in [-0.05, 0) is 37.5 Å². The Morgan fingerprint density at radius 2 is 2.09 bits per heavy atom. The third-order valence-corrected chi connectivity index (χ3v) is 5.49. The number of hydrogen-bond donors (Lipinski definition) is 2. The highest BCUT2D eigenvalue weighted by Gasteiger charge is 2.28. The average molecular weight is 348 g/mol. The van der Waals surface area contributed by atoms with Crippen LogP contribution in [0.5, 0.6) is 0 Å². The first kappa shape index (κ1) is 18.3. The van der Waals surface area contributed by atoms with Crippen molar-refractivity contribution < 1.29 is 22.3 Å². The molecule has 2 rings (SSSR count). The Morgan fingerprint density at radius 1 is 1.39 bits per heavy atom. The topological polar surface area (TPSA) is 69.6 Å². The predicted octanol–water partition coefficient (Wildman–Crippen LogP) is 1.33. The maximum Gasteiger partial charge on any atom is 0.243 e. The molecule has 0 aromatic heterocycles. The van der Waals surface area contributed by atoms with Crippen molar-refractivity contribution in [2.75, 3.05) is 19.6 Å². The Balaban J connectivity index is 1.95. The van der Waals surface area contributed by atoms with Crippen LogP contribution in [0.2, 0.25) is 0 Å². The number of benzene rings is 1. The van der Waals surface area contributed by atoms with Gasteiger partial charge in [-0.1, -0.05) is 6.92 Å². The molecule has 23 heavy (non-hydrogen) atoms. The first-order valence-corrected chi connectivity index (χ1v) is 9.04. The molecule has 3 atom stereocenters. The molecule has 0 saturated carbocycles. The largest absolute Gasteiger partial charge is 0.390 e. The lowest BCUT2D eigenvalue weighted by Crippen LogP contribution is -2.41. The van der Waals surface area contributed by atoms with Crippen LogP contribution in [-0.2, 0) is 10.0 Å². The second-order valence-electron chi connectivity index (χ2n) is 6.22. The number of hydrogen-bond acceptors (Lipinski definition) is 4. The standard InChI is InChI=1S/C15H22F2N2O3S/c1-10-5-11(2)19(8-10)9-13(20)7-18-23(21,22)15-6-12(16)3-4-14(15)17/h3-4,6,10-11,13,18,20H,5,7-9H2,1-2H3. The van der Waals surface area contributed by atoms with Gasteiger partial charge in [0.15, 0.2) is 0 Å². The van der Waals surface area contributed by atoms with E-state index in [0.29, 0.717) is 24.6 Å². The van der Waals surface area contributed by atoms with Crippen LogP contribution in [-0.4, -0.2) is 50.2 Å². The maximum atomic E-state index is 13.6. The second-order valence-corrected chi connectivity index (χ2v) is 7.96. The lowest BCUT2D eigenvalue weighted by Gasteiger charge is -2.24. The van der Waals surface area contributed by atoms with Gasteiger partial charge in [-0.25, -0.2) is 21.9 Å². The summed E-state index contributed by atoms with van der Waals surface area (Å²) in [7, 11) is -4.21. The monoisotopic (exact) mass is 348 g/mol. The van der Waals surface area contributed by atoms with Gasteiger partial charge in [-0.15, -0.1) is 0 Å². The predicted molar refractivity (Wildman–Crippen MR) is 82.4 cm³/mol. The van der Waals surface area contributed by atoms with Crippen LogP contribution in [0.15, 0.2) is 23.1 Å². The SMILES string of the molecule is CC1CC(C)N(CC(O)CNS(=O)(=O)c2cc(F)ccc2F)C1. The van der Waals surface area contributed by atoms with Crippen LogP contribution in [0.4, 0.5) is 8.78 Å². The van der Waals surface area contributed by atoms with Crippen molar-refractivity contribution in [2.45, 2.75) is 37.3 Å². The van der Waals surface area contributed by atoms with E-state index in [1.54, 1.807) is 0 Å². The molecular formula is C15H22F2N2O3S. The van der Waals surface area contributed by atoms with E-state index < -0.39 is 32.7 Å². The summed E-state index contributed by atoms with van der Waals surface area (Å²) in [5.74, 6) is -1.34. The Labute approximate surface area is 135 Å². The summed E-state index contributed by atoms with van der Waals surface area (Å²) in [5.41, 5.74) is 0. The molecule has 0 bridgehead atoms. The van der Waals surface area contributed by atoms with Gasteiger partial charge >= 0.3 is 0 Å². The maximum absolute atomic E-state index is 13.6. The van der Waals surface area contributed by atoms with Gasteiger partial charge in [0.2, 0.25) is 10.0 Å². The fourth-order valence-electron chi connectivity index (χ4n) is 2.94. The summed E-state index contributed by atoms with van der Waals surface area (Å²) in [6, 6.07) is 2.55. The zero-order chi connectivity index (χ0) is 17.2. The molecule has 8 heteroatoms. The number of nitrogens with one attached hydrogen (secondary N) is 1. The first-order chi connectivity index (χ1) is 10.7. The zero-order valence-corrected chi connectivity index (χ0v) is 14.0. The molecule has 3 unspecified atom stereocenters. The van der Waals surface area contributed by atoms with Gasteiger partial charge in [0.1, 0.15) is 16.5 Å². The van der Waals surface area contributed by atoms with Crippen LogP contribution in [0.3, 0.4) is 0 Å². The molecular weight excluding hydrogens is 326 g/mol. The molecule has 130 valence electrons. The van der Waals surface area contributed by atoms with Crippen molar-refractivity contribution in [1.82, 2.24) is 9.62 Å². The van der Waals surface area contributed by atoms with Crippen LogP contribution in [0.1, 0.15) is 20.3 Å². The third kappa shape index (κ3) is 4.69. The Bertz CT molecular complexity index is 654. The minimum atomic E-state index is -4.21. The van der Waals surface area contributed by atoms with Crippen molar-refractivity contribution >= 4 is 10.0 Å². The first-order valence-electron chi connectivity index (χ1n) is 7.56. The zero-order valence-electron chi connectivity index (χ0n) is 13.2. The van der Waals surface area contributed by atoms with Gasteiger partial charge in [0, 0.05) is 25.7 Å². The number of aliphatic hydroxyl groups is 1. The average Bonchev–Trinajstić information content (AvgIpc) is 2.77.